The number of rotatable bonds is 2. The topological polar surface area (TPSA) is 65.2 Å². The van der Waals surface area contributed by atoms with Gasteiger partial charge in [-0.2, -0.15) is 0 Å². The first kappa shape index (κ1) is 10.8. The van der Waals surface area contributed by atoms with E-state index in [2.05, 4.69) is 10.3 Å². The summed E-state index contributed by atoms with van der Waals surface area (Å²) in [6.07, 6.45) is 0. The number of benzene rings is 1. The number of nitrogens with zero attached hydrogens (tertiary/aromatic N) is 2. The van der Waals surface area contributed by atoms with Crippen LogP contribution in [0.3, 0.4) is 0 Å². The van der Waals surface area contributed by atoms with Gasteiger partial charge in [-0.05, 0) is 12.1 Å². The van der Waals surface area contributed by atoms with Gasteiger partial charge < -0.3 is 10.4 Å². The zero-order valence-corrected chi connectivity index (χ0v) is 8.37. The molecule has 0 atom stereocenters. The highest BCUT2D eigenvalue weighted by atomic mass is 35.5. The van der Waals surface area contributed by atoms with E-state index >= 15 is 0 Å². The number of hydrogen-bond donors (Lipinski definition) is 2. The van der Waals surface area contributed by atoms with Crippen molar-refractivity contribution in [1.82, 2.24) is 0 Å². The Balaban J connectivity index is 3.09. The molecule has 0 amide bonds. The van der Waals surface area contributed by atoms with Crippen LogP contribution in [0.25, 0.3) is 0 Å². The Morgan fingerprint density at radius 2 is 1.64 bits per heavy atom. The minimum Gasteiger partial charge on any atom is -0.410 e. The van der Waals surface area contributed by atoms with Gasteiger partial charge in [0.15, 0.2) is 10.9 Å². The minimum atomic E-state index is -0.296. The molecule has 0 radical (unpaired) electrons. The third kappa shape index (κ3) is 2.37. The first-order valence-electron chi connectivity index (χ1n) is 3.55. The molecule has 0 fully saturated rings. The zero-order chi connectivity index (χ0) is 10.6. The van der Waals surface area contributed by atoms with Crippen molar-refractivity contribution in [2.24, 2.45) is 10.3 Å². The molecule has 0 unspecified atom stereocenters. The van der Waals surface area contributed by atoms with E-state index in [-0.39, 0.29) is 10.9 Å². The molecule has 1 rings (SSSR count). The van der Waals surface area contributed by atoms with Crippen LogP contribution in [0.2, 0.25) is 5.02 Å². The molecule has 0 spiro atoms. The summed E-state index contributed by atoms with van der Waals surface area (Å²) in [4.78, 5) is 0. The summed E-state index contributed by atoms with van der Waals surface area (Å²) in [6.45, 7) is 0. The van der Waals surface area contributed by atoms with Gasteiger partial charge in [0.1, 0.15) is 0 Å². The second-order valence-electron chi connectivity index (χ2n) is 2.35. The van der Waals surface area contributed by atoms with Crippen LogP contribution in [0.4, 0.5) is 0 Å². The van der Waals surface area contributed by atoms with Crippen LogP contribution in [-0.2, 0) is 0 Å². The van der Waals surface area contributed by atoms with Crippen molar-refractivity contribution in [3.05, 3.63) is 34.9 Å². The Bertz CT molecular complexity index is 373. The molecule has 74 valence electrons. The van der Waals surface area contributed by atoms with Gasteiger partial charge in [0.25, 0.3) is 0 Å². The van der Waals surface area contributed by atoms with Gasteiger partial charge in [-0.3, -0.25) is 0 Å². The lowest BCUT2D eigenvalue weighted by Crippen LogP contribution is -2.09. The highest BCUT2D eigenvalue weighted by molar-refractivity contribution is 6.85. The van der Waals surface area contributed by atoms with E-state index in [0.29, 0.717) is 10.6 Å². The van der Waals surface area contributed by atoms with E-state index in [1.54, 1.807) is 24.3 Å². The fourth-order valence-corrected chi connectivity index (χ4v) is 1.15. The lowest BCUT2D eigenvalue weighted by Gasteiger charge is -2.00. The fourth-order valence-electron chi connectivity index (χ4n) is 0.873. The second kappa shape index (κ2) is 4.83. The van der Waals surface area contributed by atoms with Gasteiger partial charge in [-0.25, -0.2) is 0 Å². The summed E-state index contributed by atoms with van der Waals surface area (Å²) < 4.78 is 0. The molecule has 0 aromatic heterocycles. The molecule has 0 aliphatic heterocycles. The van der Waals surface area contributed by atoms with Crippen LogP contribution >= 0.6 is 23.2 Å². The lowest BCUT2D eigenvalue weighted by molar-refractivity contribution is 0.315. The average molecular weight is 233 g/mol. The third-order valence-corrected chi connectivity index (χ3v) is 2.01. The van der Waals surface area contributed by atoms with E-state index in [4.69, 9.17) is 33.6 Å². The standard InChI is InChI=1S/C8H6Cl2N2O2/c9-6-3-1-5(2-4-6)7(11-13)8(10)12-14/h1-4,13-14H. The number of oxime groups is 2. The summed E-state index contributed by atoms with van der Waals surface area (Å²) in [7, 11) is 0. The molecule has 0 saturated heterocycles. The molecule has 2 N–H and O–H groups in total. The Labute approximate surface area is 90.1 Å². The Morgan fingerprint density at radius 1 is 1.07 bits per heavy atom. The van der Waals surface area contributed by atoms with E-state index in [1.807, 2.05) is 0 Å². The first-order chi connectivity index (χ1) is 6.69. The highest BCUT2D eigenvalue weighted by Gasteiger charge is 2.10. The molecule has 0 aliphatic carbocycles. The summed E-state index contributed by atoms with van der Waals surface area (Å²) in [6, 6.07) is 6.38. The van der Waals surface area contributed by atoms with Crippen molar-refractivity contribution in [2.75, 3.05) is 0 Å². The quantitative estimate of drug-likeness (QED) is 0.468. The Hall–Kier alpha value is -1.26. The molecule has 4 nitrogen and oxygen atoms in total. The second-order valence-corrected chi connectivity index (χ2v) is 3.14. The Kier molecular flexibility index (Phi) is 3.73. The van der Waals surface area contributed by atoms with Crippen molar-refractivity contribution < 1.29 is 10.4 Å². The van der Waals surface area contributed by atoms with Gasteiger partial charge in [0, 0.05) is 10.6 Å². The smallest absolute Gasteiger partial charge is 0.197 e. The predicted octanol–water partition coefficient (Wildman–Crippen LogP) is 2.54. The maximum absolute atomic E-state index is 8.63. The maximum atomic E-state index is 8.63. The molecule has 6 heteroatoms. The minimum absolute atomic E-state index is 0.0224. The van der Waals surface area contributed by atoms with Crippen LogP contribution < -0.4 is 0 Å². The van der Waals surface area contributed by atoms with Gasteiger partial charge in [0.05, 0.1) is 0 Å². The normalized spacial score (nSPS) is 13.0. The maximum Gasteiger partial charge on any atom is 0.197 e. The SMILES string of the molecule is ON=C(Cl)C(=NO)c1ccc(Cl)cc1. The molecule has 0 heterocycles. The highest BCUT2D eigenvalue weighted by Crippen LogP contribution is 2.11. The van der Waals surface area contributed by atoms with Crippen molar-refractivity contribution in [1.29, 1.82) is 0 Å². The van der Waals surface area contributed by atoms with Crippen LogP contribution in [0.1, 0.15) is 5.56 Å². The summed E-state index contributed by atoms with van der Waals surface area (Å²) >= 11 is 11.1. The van der Waals surface area contributed by atoms with Gasteiger partial charge in [-0.15, -0.1) is 0 Å². The molecule has 1 aromatic carbocycles. The Morgan fingerprint density at radius 3 is 2.07 bits per heavy atom. The van der Waals surface area contributed by atoms with E-state index in [9.17, 15) is 0 Å². The van der Waals surface area contributed by atoms with Crippen molar-refractivity contribution in [2.45, 2.75) is 0 Å². The predicted molar refractivity (Wildman–Crippen MR) is 54.9 cm³/mol. The van der Waals surface area contributed by atoms with E-state index in [0.717, 1.165) is 0 Å². The lowest BCUT2D eigenvalue weighted by atomic mass is 10.1. The summed E-state index contributed by atoms with van der Waals surface area (Å²) in [5.41, 5.74) is 0.477. The molecule has 14 heavy (non-hydrogen) atoms. The molecule has 1 aromatic rings. The average Bonchev–Trinajstić information content (AvgIpc) is 2.21. The fraction of sp³-hybridized carbons (Fsp3) is 0. The summed E-state index contributed by atoms with van der Waals surface area (Å²) in [5.74, 6) is 0. The van der Waals surface area contributed by atoms with Gasteiger partial charge in [-0.1, -0.05) is 45.6 Å². The molecular formula is C8H6Cl2N2O2. The third-order valence-electron chi connectivity index (χ3n) is 1.50. The van der Waals surface area contributed by atoms with Crippen molar-refractivity contribution in [3.8, 4) is 0 Å². The number of halogens is 2. The molecule has 0 bridgehead atoms. The van der Waals surface area contributed by atoms with Gasteiger partial charge in [0.2, 0.25) is 0 Å². The van der Waals surface area contributed by atoms with E-state index < -0.39 is 0 Å². The largest absolute Gasteiger partial charge is 0.410 e. The van der Waals surface area contributed by atoms with Crippen LogP contribution in [-0.4, -0.2) is 21.3 Å². The summed E-state index contributed by atoms with van der Waals surface area (Å²) in [5, 5.41) is 22.9. The number of hydrogen-bond acceptors (Lipinski definition) is 4. The van der Waals surface area contributed by atoms with Crippen LogP contribution in [0, 0.1) is 0 Å². The van der Waals surface area contributed by atoms with Crippen molar-refractivity contribution >= 4 is 34.1 Å². The van der Waals surface area contributed by atoms with Crippen molar-refractivity contribution in [3.63, 3.8) is 0 Å². The van der Waals surface area contributed by atoms with Crippen LogP contribution in [0.15, 0.2) is 34.6 Å². The molecule has 0 saturated carbocycles. The van der Waals surface area contributed by atoms with E-state index in [1.165, 1.54) is 0 Å². The van der Waals surface area contributed by atoms with Crippen LogP contribution in [0.5, 0.6) is 0 Å². The molecular weight excluding hydrogens is 227 g/mol. The molecule has 0 aliphatic rings. The monoisotopic (exact) mass is 232 g/mol. The van der Waals surface area contributed by atoms with Gasteiger partial charge >= 0.3 is 0 Å². The zero-order valence-electron chi connectivity index (χ0n) is 6.85. The first-order valence-corrected chi connectivity index (χ1v) is 4.30.